The van der Waals surface area contributed by atoms with Gasteiger partial charge in [-0.2, -0.15) is 0 Å². The van der Waals surface area contributed by atoms with Gasteiger partial charge >= 0.3 is 0 Å². The maximum atomic E-state index is 12.1. The molecule has 0 aliphatic rings. The van der Waals surface area contributed by atoms with Gasteiger partial charge in [0.1, 0.15) is 0 Å². The number of nitro groups is 1. The van der Waals surface area contributed by atoms with Gasteiger partial charge in [0.15, 0.2) is 0 Å². The topological polar surface area (TPSA) is 95.7 Å². The fourth-order valence-corrected chi connectivity index (χ4v) is 2.29. The Labute approximate surface area is 139 Å². The number of hydrogen-bond acceptors (Lipinski definition) is 5. The SMILES string of the molecule is CN(CCO)c1ccc(NC(=O)Cc2ccccc2[N+](=O)[O-])cc1. The number of hydrogen-bond donors (Lipinski definition) is 2. The number of benzene rings is 2. The predicted octanol–water partition coefficient (Wildman–Crippen LogP) is 2.20. The molecule has 0 bridgehead atoms. The zero-order chi connectivity index (χ0) is 17.5. The van der Waals surface area contributed by atoms with E-state index in [1.807, 2.05) is 24.1 Å². The van der Waals surface area contributed by atoms with Crippen LogP contribution < -0.4 is 10.2 Å². The minimum absolute atomic E-state index is 0.0604. The van der Waals surface area contributed by atoms with Gasteiger partial charge in [0, 0.05) is 36.6 Å². The fourth-order valence-electron chi connectivity index (χ4n) is 2.29. The summed E-state index contributed by atoms with van der Waals surface area (Å²) in [5.41, 5.74) is 1.84. The average Bonchev–Trinajstić information content (AvgIpc) is 2.56. The molecule has 0 fully saturated rings. The molecule has 0 spiro atoms. The van der Waals surface area contributed by atoms with E-state index in [1.54, 1.807) is 30.3 Å². The van der Waals surface area contributed by atoms with Crippen molar-refractivity contribution in [1.29, 1.82) is 0 Å². The van der Waals surface area contributed by atoms with E-state index in [4.69, 9.17) is 5.11 Å². The molecule has 7 heteroatoms. The number of anilines is 2. The summed E-state index contributed by atoms with van der Waals surface area (Å²) in [6.45, 7) is 0.578. The van der Waals surface area contributed by atoms with Crippen molar-refractivity contribution in [2.75, 3.05) is 30.4 Å². The third-order valence-corrected chi connectivity index (χ3v) is 3.57. The first kappa shape index (κ1) is 17.4. The molecule has 2 rings (SSSR count). The van der Waals surface area contributed by atoms with Crippen LogP contribution >= 0.6 is 0 Å². The van der Waals surface area contributed by atoms with E-state index in [-0.39, 0.29) is 24.6 Å². The second kappa shape index (κ2) is 8.07. The van der Waals surface area contributed by atoms with Crippen LogP contribution in [0.1, 0.15) is 5.56 Å². The molecule has 0 unspecified atom stereocenters. The van der Waals surface area contributed by atoms with Crippen LogP contribution in [0.25, 0.3) is 0 Å². The van der Waals surface area contributed by atoms with E-state index < -0.39 is 4.92 Å². The zero-order valence-electron chi connectivity index (χ0n) is 13.3. The summed E-state index contributed by atoms with van der Waals surface area (Å²) in [7, 11) is 1.86. The van der Waals surface area contributed by atoms with Gasteiger partial charge in [0.05, 0.1) is 18.0 Å². The van der Waals surface area contributed by atoms with E-state index in [2.05, 4.69) is 5.32 Å². The second-order valence-electron chi connectivity index (χ2n) is 5.30. The Kier molecular flexibility index (Phi) is 5.86. The van der Waals surface area contributed by atoms with Gasteiger partial charge < -0.3 is 15.3 Å². The summed E-state index contributed by atoms with van der Waals surface area (Å²) in [5, 5.41) is 22.6. The summed E-state index contributed by atoms with van der Waals surface area (Å²) in [5.74, 6) is -0.319. The average molecular weight is 329 g/mol. The van der Waals surface area contributed by atoms with Crippen LogP contribution in [0.15, 0.2) is 48.5 Å². The van der Waals surface area contributed by atoms with Gasteiger partial charge in [-0.1, -0.05) is 18.2 Å². The van der Waals surface area contributed by atoms with E-state index in [0.29, 0.717) is 17.8 Å². The second-order valence-corrected chi connectivity index (χ2v) is 5.30. The molecule has 1 amide bonds. The van der Waals surface area contributed by atoms with Crippen molar-refractivity contribution < 1.29 is 14.8 Å². The lowest BCUT2D eigenvalue weighted by atomic mass is 10.1. The van der Waals surface area contributed by atoms with E-state index >= 15 is 0 Å². The molecule has 2 N–H and O–H groups in total. The summed E-state index contributed by atoms with van der Waals surface area (Å²) in [4.78, 5) is 24.5. The van der Waals surface area contributed by atoms with Gasteiger partial charge in [-0.25, -0.2) is 0 Å². The minimum Gasteiger partial charge on any atom is -0.395 e. The smallest absolute Gasteiger partial charge is 0.273 e. The number of aliphatic hydroxyl groups excluding tert-OH is 1. The van der Waals surface area contributed by atoms with Crippen molar-refractivity contribution in [3.63, 3.8) is 0 Å². The van der Waals surface area contributed by atoms with Crippen LogP contribution in [-0.2, 0) is 11.2 Å². The largest absolute Gasteiger partial charge is 0.395 e. The Hall–Kier alpha value is -2.93. The molecule has 7 nitrogen and oxygen atoms in total. The zero-order valence-corrected chi connectivity index (χ0v) is 13.3. The lowest BCUT2D eigenvalue weighted by molar-refractivity contribution is -0.385. The molecule has 0 aliphatic heterocycles. The van der Waals surface area contributed by atoms with Gasteiger partial charge in [-0.15, -0.1) is 0 Å². The van der Waals surface area contributed by atoms with Gasteiger partial charge in [-0.3, -0.25) is 14.9 Å². The molecule has 2 aromatic carbocycles. The Morgan fingerprint density at radius 1 is 1.21 bits per heavy atom. The van der Waals surface area contributed by atoms with Crippen LogP contribution in [-0.4, -0.2) is 36.1 Å². The fraction of sp³-hybridized carbons (Fsp3) is 0.235. The first-order chi connectivity index (χ1) is 11.5. The van der Waals surface area contributed by atoms with Gasteiger partial charge in [0.2, 0.25) is 5.91 Å². The number of likely N-dealkylation sites (N-methyl/N-ethyl adjacent to an activating group) is 1. The summed E-state index contributed by atoms with van der Waals surface area (Å²) in [6.07, 6.45) is -0.0662. The van der Waals surface area contributed by atoms with Crippen molar-refractivity contribution in [3.05, 3.63) is 64.2 Å². The molecule has 0 aromatic heterocycles. The van der Waals surface area contributed by atoms with Gasteiger partial charge in [0.25, 0.3) is 5.69 Å². The highest BCUT2D eigenvalue weighted by atomic mass is 16.6. The molecular weight excluding hydrogens is 310 g/mol. The van der Waals surface area contributed by atoms with Gasteiger partial charge in [-0.05, 0) is 24.3 Å². The lowest BCUT2D eigenvalue weighted by Gasteiger charge is -2.18. The van der Waals surface area contributed by atoms with Crippen LogP contribution in [0, 0.1) is 10.1 Å². The van der Waals surface area contributed by atoms with Crippen molar-refractivity contribution in [2.24, 2.45) is 0 Å². The Morgan fingerprint density at radius 3 is 2.50 bits per heavy atom. The summed E-state index contributed by atoms with van der Waals surface area (Å²) >= 11 is 0. The molecular formula is C17H19N3O4. The number of nitrogens with one attached hydrogen (secondary N) is 1. The molecule has 0 saturated heterocycles. The van der Waals surface area contributed by atoms with Crippen molar-refractivity contribution >= 4 is 23.0 Å². The Balaban J connectivity index is 2.01. The highest BCUT2D eigenvalue weighted by molar-refractivity contribution is 5.93. The van der Waals surface area contributed by atoms with Crippen LogP contribution in [0.2, 0.25) is 0 Å². The number of aliphatic hydroxyl groups is 1. The van der Waals surface area contributed by atoms with E-state index in [1.165, 1.54) is 6.07 Å². The normalized spacial score (nSPS) is 10.2. The maximum absolute atomic E-state index is 12.1. The first-order valence-corrected chi connectivity index (χ1v) is 7.45. The van der Waals surface area contributed by atoms with Crippen LogP contribution in [0.3, 0.4) is 0 Å². The van der Waals surface area contributed by atoms with E-state index in [0.717, 1.165) is 5.69 Å². The van der Waals surface area contributed by atoms with Crippen LogP contribution in [0.4, 0.5) is 17.1 Å². The standard InChI is InChI=1S/C17H19N3O4/c1-19(10-11-21)15-8-6-14(7-9-15)18-17(22)12-13-4-2-3-5-16(13)20(23)24/h2-9,21H,10-12H2,1H3,(H,18,22). The summed E-state index contributed by atoms with van der Waals surface area (Å²) in [6, 6.07) is 13.4. The number of para-hydroxylation sites is 1. The molecule has 2 aromatic rings. The Morgan fingerprint density at radius 2 is 1.88 bits per heavy atom. The monoisotopic (exact) mass is 329 g/mol. The van der Waals surface area contributed by atoms with E-state index in [9.17, 15) is 14.9 Å². The predicted molar refractivity (Wildman–Crippen MR) is 92.2 cm³/mol. The Bertz CT molecular complexity index is 716. The molecule has 0 heterocycles. The number of nitrogens with zero attached hydrogens (tertiary/aromatic N) is 2. The number of rotatable bonds is 7. The quantitative estimate of drug-likeness (QED) is 0.600. The van der Waals surface area contributed by atoms with Crippen molar-refractivity contribution in [1.82, 2.24) is 0 Å². The van der Waals surface area contributed by atoms with Crippen molar-refractivity contribution in [2.45, 2.75) is 6.42 Å². The molecule has 0 radical (unpaired) electrons. The highest BCUT2D eigenvalue weighted by Crippen LogP contribution is 2.20. The van der Waals surface area contributed by atoms with Crippen molar-refractivity contribution in [3.8, 4) is 0 Å². The number of carbonyl (C=O) groups excluding carboxylic acids is 1. The first-order valence-electron chi connectivity index (χ1n) is 7.45. The lowest BCUT2D eigenvalue weighted by Crippen LogP contribution is -2.21. The third kappa shape index (κ3) is 4.53. The van der Waals surface area contributed by atoms with Crippen LogP contribution in [0.5, 0.6) is 0 Å². The molecule has 0 saturated carbocycles. The molecule has 24 heavy (non-hydrogen) atoms. The molecule has 0 atom stereocenters. The minimum atomic E-state index is -0.492. The number of amides is 1. The molecule has 0 aliphatic carbocycles. The number of nitro benzene ring substituents is 1. The third-order valence-electron chi connectivity index (χ3n) is 3.57. The molecule has 126 valence electrons. The summed E-state index contributed by atoms with van der Waals surface area (Å²) < 4.78 is 0. The number of carbonyl (C=O) groups is 1. The highest BCUT2D eigenvalue weighted by Gasteiger charge is 2.15. The maximum Gasteiger partial charge on any atom is 0.273 e.